The van der Waals surface area contributed by atoms with Crippen LogP contribution in [0.1, 0.15) is 74.2 Å². The van der Waals surface area contributed by atoms with Gasteiger partial charge in [-0.1, -0.05) is 6.42 Å². The van der Waals surface area contributed by atoms with E-state index in [1.165, 1.54) is 38.5 Å². The molecule has 4 rings (SSSR count). The van der Waals surface area contributed by atoms with Crippen LogP contribution in [0.2, 0.25) is 0 Å². The largest absolute Gasteiger partial charge is 0.375 e. The molecule has 148 valence electrons. The first-order valence-electron chi connectivity index (χ1n) is 10.3. The summed E-state index contributed by atoms with van der Waals surface area (Å²) >= 11 is 0. The molecule has 27 heavy (non-hydrogen) atoms. The lowest BCUT2D eigenvalue weighted by molar-refractivity contribution is -0.0458. The van der Waals surface area contributed by atoms with Crippen LogP contribution in [0.15, 0.2) is 18.3 Å². The Morgan fingerprint density at radius 1 is 1.26 bits per heavy atom. The van der Waals surface area contributed by atoms with Gasteiger partial charge in [-0.15, -0.1) is 12.4 Å². The Bertz CT molecular complexity index is 793. The fraction of sp³-hybridized carbons (Fsp3) is 0.636. The zero-order valence-electron chi connectivity index (χ0n) is 16.4. The predicted octanol–water partition coefficient (Wildman–Crippen LogP) is 5.49. The fourth-order valence-corrected chi connectivity index (χ4v) is 3.99. The quantitative estimate of drug-likeness (QED) is 0.560. The van der Waals surface area contributed by atoms with Crippen LogP contribution in [0.4, 0.5) is 0 Å². The van der Waals surface area contributed by atoms with E-state index in [2.05, 4.69) is 24.7 Å². The highest BCUT2D eigenvalue weighted by Crippen LogP contribution is 2.29. The van der Waals surface area contributed by atoms with Gasteiger partial charge in [0.15, 0.2) is 5.78 Å². The van der Waals surface area contributed by atoms with Crippen LogP contribution in [0.3, 0.4) is 0 Å². The average Bonchev–Trinajstić information content (AvgIpc) is 2.96. The third-order valence-corrected chi connectivity index (χ3v) is 6.23. The Morgan fingerprint density at radius 2 is 2.00 bits per heavy atom. The number of nitrogens with zero attached hydrogens (tertiary/aromatic N) is 2. The minimum Gasteiger partial charge on any atom is -0.375 e. The molecule has 0 aliphatic heterocycles. The van der Waals surface area contributed by atoms with Gasteiger partial charge in [0, 0.05) is 30.1 Å². The third kappa shape index (κ3) is 4.55. The van der Waals surface area contributed by atoms with E-state index in [1.807, 2.05) is 12.1 Å². The number of aromatic nitrogens is 2. The van der Waals surface area contributed by atoms with Gasteiger partial charge in [0.1, 0.15) is 0 Å². The maximum absolute atomic E-state index is 12.7. The summed E-state index contributed by atoms with van der Waals surface area (Å²) in [5.41, 5.74) is 2.91. The topological polar surface area (TPSA) is 44.1 Å². The van der Waals surface area contributed by atoms with Crippen LogP contribution < -0.4 is 0 Å². The highest BCUT2D eigenvalue weighted by molar-refractivity contribution is 6.01. The van der Waals surface area contributed by atoms with E-state index < -0.39 is 0 Å². The molecule has 0 saturated heterocycles. The second-order valence-electron chi connectivity index (χ2n) is 8.28. The number of ether oxygens (including phenoxy) is 1. The summed E-state index contributed by atoms with van der Waals surface area (Å²) < 4.78 is 8.04. The first-order valence-corrected chi connectivity index (χ1v) is 10.3. The first kappa shape index (κ1) is 20.3. The van der Waals surface area contributed by atoms with Crippen molar-refractivity contribution in [1.29, 1.82) is 0 Å². The van der Waals surface area contributed by atoms with Crippen molar-refractivity contribution in [1.82, 2.24) is 9.78 Å². The molecule has 0 spiro atoms. The number of fused-ring (bicyclic) bond motifs is 1. The maximum atomic E-state index is 12.7. The number of rotatable bonds is 8. The molecule has 5 heteroatoms. The van der Waals surface area contributed by atoms with Crippen LogP contribution in [0.5, 0.6) is 0 Å². The molecule has 2 fully saturated rings. The zero-order chi connectivity index (χ0) is 18.1. The smallest absolute Gasteiger partial charge is 0.163 e. The van der Waals surface area contributed by atoms with Crippen molar-refractivity contribution >= 4 is 29.1 Å². The standard InChI is InChI=1S/C22H30N2O2.ClH/c1-15(26-18-7-4-8-18)9-12-22(25)19-10-11-21-20(16(19)2)14-24(23-21)13-17-5-3-6-17;/h10-11,14-15,17-18H,3-9,12-13H2,1-2H3;1H. The molecular formula is C22H31ClN2O2. The number of ketones is 1. The number of halogens is 1. The van der Waals surface area contributed by atoms with Crippen LogP contribution in [0, 0.1) is 12.8 Å². The Labute approximate surface area is 168 Å². The number of benzene rings is 1. The second kappa shape index (κ2) is 8.74. The number of carbonyl (C=O) groups excluding carboxylic acids is 1. The molecule has 0 amide bonds. The molecule has 0 radical (unpaired) electrons. The van der Waals surface area contributed by atoms with Gasteiger partial charge in [0.25, 0.3) is 0 Å². The first-order chi connectivity index (χ1) is 12.6. The minimum atomic E-state index is 0. The fourth-order valence-electron chi connectivity index (χ4n) is 3.99. The minimum absolute atomic E-state index is 0. The Balaban J connectivity index is 0.00000210. The van der Waals surface area contributed by atoms with Crippen molar-refractivity contribution in [3.8, 4) is 0 Å². The summed E-state index contributed by atoms with van der Waals surface area (Å²) in [7, 11) is 0. The molecular weight excluding hydrogens is 360 g/mol. The van der Waals surface area contributed by atoms with Crippen molar-refractivity contribution in [3.63, 3.8) is 0 Å². The normalized spacial score (nSPS) is 18.6. The summed E-state index contributed by atoms with van der Waals surface area (Å²) in [6, 6.07) is 3.96. The van der Waals surface area contributed by atoms with E-state index in [-0.39, 0.29) is 24.3 Å². The van der Waals surface area contributed by atoms with Crippen molar-refractivity contribution in [2.45, 2.75) is 84.0 Å². The Kier molecular flexibility index (Phi) is 6.59. The van der Waals surface area contributed by atoms with E-state index in [0.29, 0.717) is 12.5 Å². The van der Waals surface area contributed by atoms with Crippen LogP contribution in [-0.2, 0) is 11.3 Å². The van der Waals surface area contributed by atoms with Gasteiger partial charge in [0.2, 0.25) is 0 Å². The van der Waals surface area contributed by atoms with E-state index in [1.54, 1.807) is 0 Å². The molecule has 0 N–H and O–H groups in total. The molecule has 2 aliphatic carbocycles. The molecule has 2 aliphatic rings. The van der Waals surface area contributed by atoms with Crippen molar-refractivity contribution in [2.24, 2.45) is 5.92 Å². The van der Waals surface area contributed by atoms with Crippen molar-refractivity contribution in [2.75, 3.05) is 0 Å². The van der Waals surface area contributed by atoms with Gasteiger partial charge >= 0.3 is 0 Å². The van der Waals surface area contributed by atoms with E-state index in [0.717, 1.165) is 40.9 Å². The molecule has 2 saturated carbocycles. The lowest BCUT2D eigenvalue weighted by Gasteiger charge is -2.28. The summed E-state index contributed by atoms with van der Waals surface area (Å²) in [6.07, 6.45) is 11.7. The Morgan fingerprint density at radius 3 is 2.63 bits per heavy atom. The molecule has 1 aromatic carbocycles. The Hall–Kier alpha value is -1.39. The number of hydrogen-bond acceptors (Lipinski definition) is 3. The molecule has 2 aromatic rings. The molecule has 0 bridgehead atoms. The second-order valence-corrected chi connectivity index (χ2v) is 8.28. The summed E-state index contributed by atoms with van der Waals surface area (Å²) in [4.78, 5) is 12.7. The molecule has 1 heterocycles. The van der Waals surface area contributed by atoms with Crippen LogP contribution in [-0.4, -0.2) is 27.8 Å². The molecule has 1 aromatic heterocycles. The molecule has 4 nitrogen and oxygen atoms in total. The number of carbonyl (C=O) groups is 1. The van der Waals surface area contributed by atoms with Gasteiger partial charge in [-0.05, 0) is 76.0 Å². The highest BCUT2D eigenvalue weighted by atomic mass is 35.5. The predicted molar refractivity (Wildman–Crippen MR) is 111 cm³/mol. The average molecular weight is 391 g/mol. The van der Waals surface area contributed by atoms with Gasteiger partial charge in [0.05, 0.1) is 17.7 Å². The van der Waals surface area contributed by atoms with E-state index >= 15 is 0 Å². The third-order valence-electron chi connectivity index (χ3n) is 6.23. The lowest BCUT2D eigenvalue weighted by atomic mass is 9.85. The lowest BCUT2D eigenvalue weighted by Crippen LogP contribution is -2.26. The summed E-state index contributed by atoms with van der Waals surface area (Å²) in [5.74, 6) is 1.00. The van der Waals surface area contributed by atoms with Crippen LogP contribution >= 0.6 is 12.4 Å². The summed E-state index contributed by atoms with van der Waals surface area (Å²) in [5, 5.41) is 5.82. The highest BCUT2D eigenvalue weighted by Gasteiger charge is 2.22. The van der Waals surface area contributed by atoms with Crippen LogP contribution in [0.25, 0.3) is 10.9 Å². The zero-order valence-corrected chi connectivity index (χ0v) is 17.3. The van der Waals surface area contributed by atoms with E-state index in [4.69, 9.17) is 9.84 Å². The monoisotopic (exact) mass is 390 g/mol. The maximum Gasteiger partial charge on any atom is 0.163 e. The number of hydrogen-bond donors (Lipinski definition) is 0. The molecule has 1 unspecified atom stereocenters. The summed E-state index contributed by atoms with van der Waals surface area (Å²) in [6.45, 7) is 5.15. The van der Waals surface area contributed by atoms with Gasteiger partial charge in [-0.3, -0.25) is 9.48 Å². The SMILES string of the molecule is Cc1c(C(=O)CCC(C)OC2CCC2)ccc2nn(CC3CCC3)cc12.Cl. The van der Waals surface area contributed by atoms with Crippen molar-refractivity contribution < 1.29 is 9.53 Å². The molecule has 1 atom stereocenters. The number of Topliss-reactive ketones (excluding diaryl/α,β-unsaturated/α-hetero) is 1. The van der Waals surface area contributed by atoms with Gasteiger partial charge in [-0.2, -0.15) is 5.10 Å². The van der Waals surface area contributed by atoms with E-state index in [9.17, 15) is 4.79 Å². The van der Waals surface area contributed by atoms with Gasteiger partial charge in [-0.25, -0.2) is 0 Å². The van der Waals surface area contributed by atoms with Gasteiger partial charge < -0.3 is 4.74 Å². The number of aryl methyl sites for hydroxylation is 1. The van der Waals surface area contributed by atoms with Crippen molar-refractivity contribution in [3.05, 3.63) is 29.5 Å².